The quantitative estimate of drug-likeness (QED) is 0.0969. The van der Waals surface area contributed by atoms with Crippen molar-refractivity contribution in [2.24, 2.45) is 0 Å². The Balaban J connectivity index is 1.45. The van der Waals surface area contributed by atoms with E-state index >= 15 is 0 Å². The van der Waals surface area contributed by atoms with Crippen molar-refractivity contribution in [1.82, 2.24) is 35.2 Å². The van der Waals surface area contributed by atoms with Gasteiger partial charge in [-0.25, -0.2) is 9.97 Å². The number of anilines is 4. The number of nitrogen functional groups attached to an aromatic ring is 1. The standard InChI is InChI=1S/C27H37N11O3/c1-2-3-7-17(16-40)33-23-22-19(9-5-12-30-22)36-27(38-23)32-13-6-10-20(25(41)31-14-15-39)34-24-21-18(8-4-11-29-21)35-26(28)37-24/h4-5,8-9,11-12,17,20,39-40H,2-3,6-7,10,13-16H2,1H3,(H,31,41)(H3,28,34,35,37)(H2,32,33,36,38)/t17-,20-/m0/s1. The van der Waals surface area contributed by atoms with Gasteiger partial charge in [-0.2, -0.15) is 9.97 Å². The van der Waals surface area contributed by atoms with Gasteiger partial charge >= 0.3 is 0 Å². The number of hydrogen-bond donors (Lipinski definition) is 7. The van der Waals surface area contributed by atoms with Crippen molar-refractivity contribution < 1.29 is 15.0 Å². The average molecular weight is 564 g/mol. The number of nitrogens with one attached hydrogen (secondary N) is 4. The van der Waals surface area contributed by atoms with Gasteiger partial charge in [0.05, 0.1) is 30.3 Å². The van der Waals surface area contributed by atoms with Crippen LogP contribution in [0.4, 0.5) is 23.5 Å². The van der Waals surface area contributed by atoms with E-state index in [4.69, 9.17) is 5.73 Å². The number of aliphatic hydroxyl groups is 2. The number of carbonyl (C=O) groups is 1. The minimum Gasteiger partial charge on any atom is -0.395 e. The zero-order valence-corrected chi connectivity index (χ0v) is 23.0. The summed E-state index contributed by atoms with van der Waals surface area (Å²) in [4.78, 5) is 39.4. The number of pyridine rings is 2. The minimum atomic E-state index is -0.675. The molecule has 0 fully saturated rings. The maximum absolute atomic E-state index is 12.9. The van der Waals surface area contributed by atoms with Gasteiger partial charge in [0, 0.05) is 25.5 Å². The molecule has 0 aliphatic heterocycles. The fourth-order valence-electron chi connectivity index (χ4n) is 4.33. The van der Waals surface area contributed by atoms with Crippen LogP contribution in [0.5, 0.6) is 0 Å². The highest BCUT2D eigenvalue weighted by molar-refractivity contribution is 5.90. The van der Waals surface area contributed by atoms with Gasteiger partial charge in [-0.05, 0) is 43.5 Å². The number of carbonyl (C=O) groups excluding carboxylic acids is 1. The molecule has 14 nitrogen and oxygen atoms in total. The second-order valence-corrected chi connectivity index (χ2v) is 9.52. The molecule has 4 aromatic heterocycles. The lowest BCUT2D eigenvalue weighted by atomic mass is 10.1. The largest absolute Gasteiger partial charge is 0.395 e. The molecule has 0 aliphatic rings. The summed E-state index contributed by atoms with van der Waals surface area (Å²) in [5, 5.41) is 31.5. The maximum atomic E-state index is 12.9. The van der Waals surface area contributed by atoms with Crippen LogP contribution in [0.1, 0.15) is 39.0 Å². The first-order valence-corrected chi connectivity index (χ1v) is 13.8. The average Bonchev–Trinajstić information content (AvgIpc) is 2.99. The fraction of sp³-hybridized carbons (Fsp3) is 0.444. The maximum Gasteiger partial charge on any atom is 0.242 e. The van der Waals surface area contributed by atoms with E-state index in [2.05, 4.69) is 58.1 Å². The van der Waals surface area contributed by atoms with Crippen LogP contribution >= 0.6 is 0 Å². The Hall–Kier alpha value is -4.43. The molecule has 0 spiro atoms. The van der Waals surface area contributed by atoms with Gasteiger partial charge in [-0.3, -0.25) is 14.8 Å². The van der Waals surface area contributed by atoms with Gasteiger partial charge in [-0.15, -0.1) is 0 Å². The lowest BCUT2D eigenvalue weighted by molar-refractivity contribution is -0.122. The molecular weight excluding hydrogens is 526 g/mol. The van der Waals surface area contributed by atoms with Crippen LogP contribution in [0.15, 0.2) is 36.7 Å². The third-order valence-electron chi connectivity index (χ3n) is 6.39. The Morgan fingerprint density at radius 3 is 2.29 bits per heavy atom. The van der Waals surface area contributed by atoms with Crippen molar-refractivity contribution in [2.75, 3.05) is 48.0 Å². The van der Waals surface area contributed by atoms with Gasteiger partial charge in [0.15, 0.2) is 11.6 Å². The summed E-state index contributed by atoms with van der Waals surface area (Å²) >= 11 is 0. The van der Waals surface area contributed by atoms with Crippen LogP contribution in [0.2, 0.25) is 0 Å². The van der Waals surface area contributed by atoms with Crippen LogP contribution < -0.4 is 27.0 Å². The van der Waals surface area contributed by atoms with E-state index in [0.717, 1.165) is 19.3 Å². The topological polar surface area (TPSA) is 209 Å². The summed E-state index contributed by atoms with van der Waals surface area (Å²) in [7, 11) is 0. The van der Waals surface area contributed by atoms with Crippen LogP contribution in [-0.4, -0.2) is 84.4 Å². The van der Waals surface area contributed by atoms with Gasteiger partial charge in [0.1, 0.15) is 17.1 Å². The molecular formula is C27H37N11O3. The monoisotopic (exact) mass is 563 g/mol. The number of aromatic nitrogens is 6. The first-order valence-electron chi connectivity index (χ1n) is 13.8. The third-order valence-corrected chi connectivity index (χ3v) is 6.39. The number of unbranched alkanes of at least 4 members (excludes halogenated alkanes) is 1. The number of amides is 1. The molecule has 218 valence electrons. The molecule has 0 radical (unpaired) electrons. The number of aliphatic hydroxyl groups excluding tert-OH is 2. The molecule has 0 bridgehead atoms. The Kier molecular flexibility index (Phi) is 10.7. The highest BCUT2D eigenvalue weighted by atomic mass is 16.3. The van der Waals surface area contributed by atoms with Crippen molar-refractivity contribution in [3.05, 3.63) is 36.7 Å². The molecule has 0 aliphatic carbocycles. The smallest absolute Gasteiger partial charge is 0.242 e. The first-order chi connectivity index (χ1) is 20.0. The van der Waals surface area contributed by atoms with E-state index < -0.39 is 6.04 Å². The number of rotatable bonds is 16. The predicted octanol–water partition coefficient (Wildman–Crippen LogP) is 1.69. The van der Waals surface area contributed by atoms with Gasteiger partial charge < -0.3 is 37.2 Å². The van der Waals surface area contributed by atoms with E-state index in [1.54, 1.807) is 24.5 Å². The second-order valence-electron chi connectivity index (χ2n) is 9.52. The second kappa shape index (κ2) is 14.8. The van der Waals surface area contributed by atoms with E-state index in [1.165, 1.54) is 0 Å². The number of hydrogen-bond acceptors (Lipinski definition) is 13. The molecule has 1 amide bonds. The van der Waals surface area contributed by atoms with Gasteiger partial charge in [0.2, 0.25) is 17.8 Å². The molecule has 4 heterocycles. The molecule has 4 aromatic rings. The Morgan fingerprint density at radius 1 is 0.902 bits per heavy atom. The van der Waals surface area contributed by atoms with E-state index in [1.807, 2.05) is 12.1 Å². The molecule has 41 heavy (non-hydrogen) atoms. The van der Waals surface area contributed by atoms with Crippen molar-refractivity contribution in [2.45, 2.75) is 51.1 Å². The highest BCUT2D eigenvalue weighted by Gasteiger charge is 2.21. The molecule has 2 atom stereocenters. The van der Waals surface area contributed by atoms with Crippen molar-refractivity contribution in [1.29, 1.82) is 0 Å². The predicted molar refractivity (Wildman–Crippen MR) is 158 cm³/mol. The molecule has 0 unspecified atom stereocenters. The molecule has 4 rings (SSSR count). The number of fused-ring (bicyclic) bond motifs is 2. The highest BCUT2D eigenvalue weighted by Crippen LogP contribution is 2.22. The Bertz CT molecular complexity index is 1440. The van der Waals surface area contributed by atoms with E-state index in [0.29, 0.717) is 59.0 Å². The third kappa shape index (κ3) is 8.05. The summed E-state index contributed by atoms with van der Waals surface area (Å²) in [5.41, 5.74) is 8.24. The van der Waals surface area contributed by atoms with Crippen LogP contribution in [-0.2, 0) is 4.79 Å². The molecule has 0 aromatic carbocycles. The van der Waals surface area contributed by atoms with Crippen LogP contribution in [0.3, 0.4) is 0 Å². The molecule has 14 heteroatoms. The summed E-state index contributed by atoms with van der Waals surface area (Å²) in [5.74, 6) is 1.09. The summed E-state index contributed by atoms with van der Waals surface area (Å²) in [6, 6.07) is 6.36. The molecule has 0 saturated heterocycles. The minimum absolute atomic E-state index is 0.0172. The van der Waals surface area contributed by atoms with Crippen molar-refractivity contribution >= 4 is 51.5 Å². The lowest BCUT2D eigenvalue weighted by Gasteiger charge is -2.20. The lowest BCUT2D eigenvalue weighted by Crippen LogP contribution is -2.41. The van der Waals surface area contributed by atoms with E-state index in [-0.39, 0.29) is 37.7 Å². The summed E-state index contributed by atoms with van der Waals surface area (Å²) < 4.78 is 0. The van der Waals surface area contributed by atoms with E-state index in [9.17, 15) is 15.0 Å². The first kappa shape index (κ1) is 29.6. The van der Waals surface area contributed by atoms with Crippen molar-refractivity contribution in [3.63, 3.8) is 0 Å². The molecule has 0 saturated carbocycles. The van der Waals surface area contributed by atoms with Crippen LogP contribution in [0, 0.1) is 0 Å². The fourth-order valence-corrected chi connectivity index (χ4v) is 4.33. The van der Waals surface area contributed by atoms with Gasteiger partial charge in [0.25, 0.3) is 0 Å². The number of nitrogens with zero attached hydrogens (tertiary/aromatic N) is 6. The summed E-state index contributed by atoms with van der Waals surface area (Å²) in [6.45, 7) is 2.51. The zero-order valence-electron chi connectivity index (χ0n) is 23.0. The van der Waals surface area contributed by atoms with Crippen LogP contribution in [0.25, 0.3) is 22.1 Å². The Morgan fingerprint density at radius 2 is 1.61 bits per heavy atom. The zero-order chi connectivity index (χ0) is 29.0. The van der Waals surface area contributed by atoms with Crippen molar-refractivity contribution in [3.8, 4) is 0 Å². The molecule has 8 N–H and O–H groups in total. The SMILES string of the molecule is CCCC[C@@H](CO)Nc1nc(NCCC[C@H](Nc2nc(N)nc3cccnc23)C(=O)NCCO)nc2cccnc12. The summed E-state index contributed by atoms with van der Waals surface area (Å²) in [6.07, 6.45) is 7.11. The number of nitrogens with two attached hydrogens (primary N) is 1. The normalized spacial score (nSPS) is 12.7. The Labute approximate surface area is 237 Å². The van der Waals surface area contributed by atoms with Gasteiger partial charge in [-0.1, -0.05) is 19.8 Å².